The van der Waals surface area contributed by atoms with Gasteiger partial charge in [0.2, 0.25) is 5.78 Å². The number of carboxylic acids is 1. The maximum Gasteiger partial charge on any atom is 0.338 e. The zero-order valence-electron chi connectivity index (χ0n) is 14.6. The molecule has 6 nitrogen and oxygen atoms in total. The molecule has 0 spiro atoms. The van der Waals surface area contributed by atoms with E-state index in [0.717, 1.165) is 5.56 Å². The van der Waals surface area contributed by atoms with Gasteiger partial charge in [0.25, 0.3) is 0 Å². The summed E-state index contributed by atoms with van der Waals surface area (Å²) < 4.78 is 11.0. The summed E-state index contributed by atoms with van der Waals surface area (Å²) in [6.45, 7) is 0.252. The van der Waals surface area contributed by atoms with E-state index in [1.165, 1.54) is 25.4 Å². The molecule has 2 aromatic carbocycles. The van der Waals surface area contributed by atoms with Gasteiger partial charge < -0.3 is 14.6 Å². The average Bonchev–Trinajstić information content (AvgIpc) is 2.72. The van der Waals surface area contributed by atoms with E-state index in [9.17, 15) is 14.7 Å². The van der Waals surface area contributed by atoms with Crippen LogP contribution in [0.3, 0.4) is 0 Å². The summed E-state index contributed by atoms with van der Waals surface area (Å²) >= 11 is 0. The fourth-order valence-corrected chi connectivity index (χ4v) is 2.56. The highest BCUT2D eigenvalue weighted by Gasteiger charge is 2.22. The van der Waals surface area contributed by atoms with E-state index in [1.807, 2.05) is 30.3 Å². The SMILES string of the molecule is COc1ccc(C(=O)c2ncccc2C(=O)O)c(OCc2ccccc2)c1. The van der Waals surface area contributed by atoms with E-state index in [-0.39, 0.29) is 23.4 Å². The molecule has 1 aromatic heterocycles. The molecule has 6 heteroatoms. The molecule has 0 fully saturated rings. The number of ketones is 1. The van der Waals surface area contributed by atoms with Crippen LogP contribution in [-0.4, -0.2) is 29.0 Å². The molecule has 1 heterocycles. The summed E-state index contributed by atoms with van der Waals surface area (Å²) in [5.74, 6) is -0.926. The van der Waals surface area contributed by atoms with Crippen molar-refractivity contribution in [3.8, 4) is 11.5 Å². The summed E-state index contributed by atoms with van der Waals surface area (Å²) in [5.41, 5.74) is 0.850. The number of carbonyl (C=O) groups is 2. The lowest BCUT2D eigenvalue weighted by Crippen LogP contribution is -2.13. The van der Waals surface area contributed by atoms with Crippen molar-refractivity contribution in [2.45, 2.75) is 6.61 Å². The zero-order chi connectivity index (χ0) is 19.2. The Bertz CT molecular complexity index is 969. The Morgan fingerprint density at radius 2 is 1.78 bits per heavy atom. The number of hydrogen-bond donors (Lipinski definition) is 1. The Kier molecular flexibility index (Phi) is 5.47. The minimum Gasteiger partial charge on any atom is -0.497 e. The summed E-state index contributed by atoms with van der Waals surface area (Å²) in [4.78, 5) is 28.3. The van der Waals surface area contributed by atoms with Crippen LogP contribution in [0.25, 0.3) is 0 Å². The van der Waals surface area contributed by atoms with Crippen molar-refractivity contribution in [3.63, 3.8) is 0 Å². The number of rotatable bonds is 7. The van der Waals surface area contributed by atoms with Crippen LogP contribution in [0.5, 0.6) is 11.5 Å². The number of aromatic nitrogens is 1. The van der Waals surface area contributed by atoms with Crippen LogP contribution in [0.2, 0.25) is 0 Å². The third-order valence-electron chi connectivity index (χ3n) is 3.92. The van der Waals surface area contributed by atoms with Gasteiger partial charge in [0.1, 0.15) is 23.8 Å². The Morgan fingerprint density at radius 3 is 2.48 bits per heavy atom. The summed E-state index contributed by atoms with van der Waals surface area (Å²) in [6.07, 6.45) is 1.38. The quantitative estimate of drug-likeness (QED) is 0.646. The molecular weight excluding hydrogens is 346 g/mol. The molecule has 0 bridgehead atoms. The Balaban J connectivity index is 1.97. The van der Waals surface area contributed by atoms with Crippen LogP contribution < -0.4 is 9.47 Å². The van der Waals surface area contributed by atoms with Crippen molar-refractivity contribution in [3.05, 3.63) is 89.2 Å². The first-order valence-electron chi connectivity index (χ1n) is 8.18. The van der Waals surface area contributed by atoms with Crippen LogP contribution >= 0.6 is 0 Å². The molecule has 3 aromatic rings. The van der Waals surface area contributed by atoms with Crippen LogP contribution in [0, 0.1) is 0 Å². The minimum atomic E-state index is -1.22. The van der Waals surface area contributed by atoms with Gasteiger partial charge in [-0.15, -0.1) is 0 Å². The maximum atomic E-state index is 13.0. The van der Waals surface area contributed by atoms with Gasteiger partial charge in [0, 0.05) is 12.3 Å². The van der Waals surface area contributed by atoms with E-state index >= 15 is 0 Å². The van der Waals surface area contributed by atoms with Gasteiger partial charge in [-0.1, -0.05) is 30.3 Å². The van der Waals surface area contributed by atoms with Gasteiger partial charge in [-0.2, -0.15) is 0 Å². The number of methoxy groups -OCH3 is 1. The lowest BCUT2D eigenvalue weighted by molar-refractivity contribution is 0.0692. The lowest BCUT2D eigenvalue weighted by Gasteiger charge is -2.13. The first-order chi connectivity index (χ1) is 13.1. The van der Waals surface area contributed by atoms with Crippen molar-refractivity contribution in [2.75, 3.05) is 7.11 Å². The number of carbonyl (C=O) groups excluding carboxylic acids is 1. The molecule has 0 radical (unpaired) electrons. The molecule has 136 valence electrons. The number of hydrogen-bond acceptors (Lipinski definition) is 5. The molecule has 3 rings (SSSR count). The lowest BCUT2D eigenvalue weighted by atomic mass is 10.0. The van der Waals surface area contributed by atoms with E-state index in [0.29, 0.717) is 11.5 Å². The zero-order valence-corrected chi connectivity index (χ0v) is 14.6. The van der Waals surface area contributed by atoms with E-state index in [1.54, 1.807) is 18.2 Å². The second-order valence-electron chi connectivity index (χ2n) is 5.67. The standard InChI is InChI=1S/C21H17NO5/c1-26-15-9-10-16(18(12-15)27-13-14-6-3-2-4-7-14)20(23)19-17(21(24)25)8-5-11-22-19/h2-12H,13H2,1H3,(H,24,25). The van der Waals surface area contributed by atoms with Crippen molar-refractivity contribution in [1.82, 2.24) is 4.98 Å². The number of carboxylic acid groups (broad SMARTS) is 1. The third kappa shape index (κ3) is 4.12. The average molecular weight is 363 g/mol. The van der Waals surface area contributed by atoms with Crippen LogP contribution in [-0.2, 0) is 6.61 Å². The Labute approximate surface area is 156 Å². The summed E-state index contributed by atoms with van der Waals surface area (Å²) in [5, 5.41) is 9.32. The molecule has 0 aliphatic rings. The van der Waals surface area contributed by atoms with Crippen LogP contribution in [0.15, 0.2) is 66.9 Å². The number of aromatic carboxylic acids is 1. The molecule has 0 aliphatic heterocycles. The molecule has 0 aliphatic carbocycles. The Hall–Kier alpha value is -3.67. The number of pyridine rings is 1. The summed E-state index contributed by atoms with van der Waals surface area (Å²) in [6, 6.07) is 17.1. The Morgan fingerprint density at radius 1 is 1.00 bits per heavy atom. The molecule has 0 amide bonds. The van der Waals surface area contributed by atoms with Crippen molar-refractivity contribution in [1.29, 1.82) is 0 Å². The van der Waals surface area contributed by atoms with Gasteiger partial charge in [-0.25, -0.2) is 4.79 Å². The number of ether oxygens (including phenoxy) is 2. The van der Waals surface area contributed by atoms with Gasteiger partial charge in [0.15, 0.2) is 0 Å². The van der Waals surface area contributed by atoms with Crippen molar-refractivity contribution in [2.24, 2.45) is 0 Å². The third-order valence-corrected chi connectivity index (χ3v) is 3.92. The highest BCUT2D eigenvalue weighted by molar-refractivity contribution is 6.14. The topological polar surface area (TPSA) is 85.7 Å². The van der Waals surface area contributed by atoms with E-state index in [4.69, 9.17) is 9.47 Å². The second-order valence-corrected chi connectivity index (χ2v) is 5.67. The number of benzene rings is 2. The predicted octanol–water partition coefficient (Wildman–Crippen LogP) is 3.60. The highest BCUT2D eigenvalue weighted by Crippen LogP contribution is 2.28. The smallest absolute Gasteiger partial charge is 0.338 e. The maximum absolute atomic E-state index is 13.0. The normalized spacial score (nSPS) is 10.3. The van der Waals surface area contributed by atoms with E-state index in [2.05, 4.69) is 4.98 Å². The molecule has 0 saturated heterocycles. The fourth-order valence-electron chi connectivity index (χ4n) is 2.56. The molecule has 1 N–H and O–H groups in total. The summed E-state index contributed by atoms with van der Waals surface area (Å²) in [7, 11) is 1.51. The fraction of sp³-hybridized carbons (Fsp3) is 0.0952. The van der Waals surface area contributed by atoms with Crippen LogP contribution in [0.4, 0.5) is 0 Å². The highest BCUT2D eigenvalue weighted by atomic mass is 16.5. The molecule has 0 unspecified atom stereocenters. The van der Waals surface area contributed by atoms with Gasteiger partial charge in [-0.3, -0.25) is 9.78 Å². The largest absolute Gasteiger partial charge is 0.497 e. The minimum absolute atomic E-state index is 0.139. The van der Waals surface area contributed by atoms with Gasteiger partial charge >= 0.3 is 5.97 Å². The molecular formula is C21H17NO5. The molecule has 0 atom stereocenters. The van der Waals surface area contributed by atoms with Gasteiger partial charge in [0.05, 0.1) is 18.2 Å². The molecule has 0 saturated carbocycles. The number of nitrogens with zero attached hydrogens (tertiary/aromatic N) is 1. The monoisotopic (exact) mass is 363 g/mol. The van der Waals surface area contributed by atoms with E-state index < -0.39 is 11.8 Å². The van der Waals surface area contributed by atoms with Crippen molar-refractivity contribution < 1.29 is 24.2 Å². The predicted molar refractivity (Wildman–Crippen MR) is 98.4 cm³/mol. The second kappa shape index (κ2) is 8.14. The molecule has 27 heavy (non-hydrogen) atoms. The van der Waals surface area contributed by atoms with Crippen LogP contribution in [0.1, 0.15) is 32.0 Å². The first-order valence-corrected chi connectivity index (χ1v) is 8.18. The van der Waals surface area contributed by atoms with Gasteiger partial charge in [-0.05, 0) is 29.8 Å². The first kappa shape index (κ1) is 18.1. The van der Waals surface area contributed by atoms with Crippen molar-refractivity contribution >= 4 is 11.8 Å².